The topological polar surface area (TPSA) is 158 Å². The number of phenols is 3. The third-order valence-corrected chi connectivity index (χ3v) is 3.17. The number of hydrogen-bond donors (Lipinski definition) is 4. The van der Waals surface area contributed by atoms with E-state index in [9.17, 15) is 40.1 Å². The van der Waals surface area contributed by atoms with E-state index in [1.807, 2.05) is 0 Å². The largest absolute Gasteiger partial charge is 0.507 e. The summed E-state index contributed by atoms with van der Waals surface area (Å²) in [7, 11) is 0. The fourth-order valence-electron chi connectivity index (χ4n) is 2.16. The van der Waals surface area contributed by atoms with Gasteiger partial charge in [0, 0.05) is 5.56 Å². The smallest absolute Gasteiger partial charge is 0.362 e. The van der Waals surface area contributed by atoms with Crippen LogP contribution in [0.4, 0.5) is 0 Å². The molecule has 0 aromatic heterocycles. The number of carbonyl (C=O) groups excluding carboxylic acids is 2. The summed E-state index contributed by atoms with van der Waals surface area (Å²) in [6.45, 7) is 1.49. The molecule has 0 aliphatic heterocycles. The summed E-state index contributed by atoms with van der Waals surface area (Å²) in [5, 5.41) is 50.0. The Bertz CT molecular complexity index is 746. The van der Waals surface area contributed by atoms with Crippen molar-refractivity contribution in [3.8, 4) is 17.2 Å². The quantitative estimate of drug-likeness (QED) is 0.203. The number of phenolic OH excluding ortho intramolecular Hbond substituents is 3. The molecule has 0 bridgehead atoms. The van der Waals surface area contributed by atoms with Crippen LogP contribution in [0, 0.1) is 10.1 Å². The predicted molar refractivity (Wildman–Crippen MR) is 66.7 cm³/mol. The molecule has 21 heavy (non-hydrogen) atoms. The molecule has 9 heteroatoms. The Morgan fingerprint density at radius 3 is 2.00 bits per heavy atom. The van der Waals surface area contributed by atoms with E-state index in [0.717, 1.165) is 0 Å². The highest BCUT2D eigenvalue weighted by atomic mass is 16.6. The summed E-state index contributed by atoms with van der Waals surface area (Å²) in [5.41, 5.74) is -3.22. The van der Waals surface area contributed by atoms with Crippen LogP contribution in [0.2, 0.25) is 0 Å². The van der Waals surface area contributed by atoms with Crippen molar-refractivity contribution in [2.75, 3.05) is 0 Å². The number of allylic oxidation sites excluding steroid dienone is 1. The monoisotopic (exact) mass is 295 g/mol. The number of carbonyl (C=O) groups is 2. The standard InChI is InChI=1S/C12H9NO8/c1-2-3-7(14)4-5(10(17)8(3)15)11(18)12(19)6(9(4)16)13(20)21/h14-17H,2H2,1H3. The van der Waals surface area contributed by atoms with Gasteiger partial charge in [0.05, 0.1) is 16.1 Å². The number of nitro groups is 1. The van der Waals surface area contributed by atoms with Crippen molar-refractivity contribution in [2.45, 2.75) is 13.3 Å². The molecule has 0 saturated heterocycles. The van der Waals surface area contributed by atoms with Gasteiger partial charge >= 0.3 is 11.5 Å². The van der Waals surface area contributed by atoms with Crippen LogP contribution in [0.1, 0.15) is 28.4 Å². The van der Waals surface area contributed by atoms with Crippen molar-refractivity contribution in [2.24, 2.45) is 0 Å². The minimum Gasteiger partial charge on any atom is -0.507 e. The van der Waals surface area contributed by atoms with Crippen molar-refractivity contribution < 1.29 is 34.9 Å². The third kappa shape index (κ3) is 1.71. The summed E-state index contributed by atoms with van der Waals surface area (Å²) >= 11 is 0. The van der Waals surface area contributed by atoms with Gasteiger partial charge in [-0.05, 0) is 6.42 Å². The van der Waals surface area contributed by atoms with Gasteiger partial charge < -0.3 is 20.4 Å². The van der Waals surface area contributed by atoms with E-state index in [0.29, 0.717) is 0 Å². The van der Waals surface area contributed by atoms with E-state index in [2.05, 4.69) is 0 Å². The number of nitrogens with zero attached hydrogens (tertiary/aromatic N) is 1. The van der Waals surface area contributed by atoms with Crippen LogP contribution in [0.3, 0.4) is 0 Å². The molecule has 110 valence electrons. The van der Waals surface area contributed by atoms with Crippen molar-refractivity contribution in [1.29, 1.82) is 0 Å². The summed E-state index contributed by atoms with van der Waals surface area (Å²) in [6.07, 6.45) is 0.00171. The maximum absolute atomic E-state index is 11.8. The molecule has 0 amide bonds. The van der Waals surface area contributed by atoms with E-state index in [-0.39, 0.29) is 12.0 Å². The summed E-state index contributed by atoms with van der Waals surface area (Å²) in [4.78, 5) is 32.9. The SMILES string of the molecule is CCc1c(O)c(O)c2c(c1O)C(O)=C([N+](=O)[O-])C(=O)C2=O. The Morgan fingerprint density at radius 1 is 0.952 bits per heavy atom. The molecule has 9 nitrogen and oxygen atoms in total. The van der Waals surface area contributed by atoms with Gasteiger partial charge in [-0.25, -0.2) is 0 Å². The van der Waals surface area contributed by atoms with Crippen LogP contribution in [0.15, 0.2) is 5.70 Å². The molecule has 0 heterocycles. The average molecular weight is 295 g/mol. The zero-order valence-electron chi connectivity index (χ0n) is 10.6. The van der Waals surface area contributed by atoms with Crippen molar-refractivity contribution in [3.05, 3.63) is 32.5 Å². The highest BCUT2D eigenvalue weighted by Crippen LogP contribution is 2.47. The first-order valence-electron chi connectivity index (χ1n) is 5.70. The second kappa shape index (κ2) is 4.47. The Kier molecular flexibility index (Phi) is 3.05. The maximum atomic E-state index is 11.8. The lowest BCUT2D eigenvalue weighted by atomic mass is 9.87. The molecule has 0 unspecified atom stereocenters. The van der Waals surface area contributed by atoms with Crippen LogP contribution < -0.4 is 0 Å². The zero-order valence-corrected chi connectivity index (χ0v) is 10.6. The average Bonchev–Trinajstić information content (AvgIpc) is 2.40. The molecular formula is C12H9NO8. The first kappa shape index (κ1) is 14.3. The van der Waals surface area contributed by atoms with Gasteiger partial charge in [0.2, 0.25) is 11.5 Å². The van der Waals surface area contributed by atoms with Gasteiger partial charge in [0.25, 0.3) is 0 Å². The summed E-state index contributed by atoms with van der Waals surface area (Å²) < 4.78 is 0. The van der Waals surface area contributed by atoms with Crippen molar-refractivity contribution >= 4 is 17.3 Å². The maximum Gasteiger partial charge on any atom is 0.362 e. The fraction of sp³-hybridized carbons (Fsp3) is 0.167. The molecule has 0 atom stereocenters. The molecule has 1 aromatic carbocycles. The molecular weight excluding hydrogens is 286 g/mol. The Balaban J connectivity index is 3.01. The van der Waals surface area contributed by atoms with Gasteiger partial charge in [-0.1, -0.05) is 6.92 Å². The Morgan fingerprint density at radius 2 is 1.52 bits per heavy atom. The number of rotatable bonds is 2. The number of aliphatic hydroxyl groups is 1. The van der Waals surface area contributed by atoms with E-state index < -0.39 is 56.3 Å². The first-order valence-corrected chi connectivity index (χ1v) is 5.70. The molecule has 0 saturated carbocycles. The number of aromatic hydroxyl groups is 3. The second-order valence-corrected chi connectivity index (χ2v) is 4.24. The Hall–Kier alpha value is -3.10. The van der Waals surface area contributed by atoms with Gasteiger partial charge in [0.15, 0.2) is 11.5 Å². The van der Waals surface area contributed by atoms with Crippen LogP contribution in [0.5, 0.6) is 17.2 Å². The van der Waals surface area contributed by atoms with Gasteiger partial charge in [0.1, 0.15) is 5.75 Å². The van der Waals surface area contributed by atoms with Crippen LogP contribution in [-0.2, 0) is 11.2 Å². The summed E-state index contributed by atoms with van der Waals surface area (Å²) in [6, 6.07) is 0. The zero-order chi connectivity index (χ0) is 16.1. The second-order valence-electron chi connectivity index (χ2n) is 4.24. The van der Waals surface area contributed by atoms with Gasteiger partial charge in [-0.2, -0.15) is 0 Å². The molecule has 1 aliphatic carbocycles. The molecule has 0 radical (unpaired) electrons. The number of hydrogen-bond acceptors (Lipinski definition) is 8. The number of fused-ring (bicyclic) bond motifs is 1. The van der Waals surface area contributed by atoms with Gasteiger partial charge in [-0.15, -0.1) is 0 Å². The van der Waals surface area contributed by atoms with E-state index in [1.54, 1.807) is 0 Å². The number of aliphatic hydroxyl groups excluding tert-OH is 1. The van der Waals surface area contributed by atoms with Crippen LogP contribution >= 0.6 is 0 Å². The number of benzene rings is 1. The van der Waals surface area contributed by atoms with E-state index in [4.69, 9.17) is 0 Å². The normalized spacial score (nSPS) is 14.3. The predicted octanol–water partition coefficient (Wildman–Crippen LogP) is 0.635. The van der Waals surface area contributed by atoms with Gasteiger partial charge in [-0.3, -0.25) is 19.7 Å². The third-order valence-electron chi connectivity index (χ3n) is 3.17. The molecule has 0 fully saturated rings. The summed E-state index contributed by atoms with van der Waals surface area (Å²) in [5.74, 6) is -7.04. The first-order chi connectivity index (χ1) is 9.73. The molecule has 0 spiro atoms. The lowest BCUT2D eigenvalue weighted by Crippen LogP contribution is -2.28. The lowest BCUT2D eigenvalue weighted by Gasteiger charge is -2.18. The fourth-order valence-corrected chi connectivity index (χ4v) is 2.16. The van der Waals surface area contributed by atoms with Crippen LogP contribution in [0.25, 0.3) is 5.76 Å². The van der Waals surface area contributed by atoms with Crippen molar-refractivity contribution in [3.63, 3.8) is 0 Å². The minimum absolute atomic E-state index is 0.00171. The number of ketones is 2. The lowest BCUT2D eigenvalue weighted by molar-refractivity contribution is -0.418. The van der Waals surface area contributed by atoms with E-state index >= 15 is 0 Å². The molecule has 1 aliphatic rings. The highest BCUT2D eigenvalue weighted by Gasteiger charge is 2.45. The molecule has 4 N–H and O–H groups in total. The number of Topliss-reactive ketones (excluding diaryl/α,β-unsaturated/α-hetero) is 2. The molecule has 2 rings (SSSR count). The minimum atomic E-state index is -1.65. The van der Waals surface area contributed by atoms with Crippen LogP contribution in [-0.4, -0.2) is 36.9 Å². The van der Waals surface area contributed by atoms with Crippen molar-refractivity contribution in [1.82, 2.24) is 0 Å². The highest BCUT2D eigenvalue weighted by molar-refractivity contribution is 6.52. The Labute approximate surface area is 116 Å². The molecule has 1 aromatic rings. The van der Waals surface area contributed by atoms with E-state index in [1.165, 1.54) is 6.92 Å².